The Morgan fingerprint density at radius 1 is 1.16 bits per heavy atom. The lowest BCUT2D eigenvalue weighted by Crippen LogP contribution is -2.27. The van der Waals surface area contributed by atoms with Crippen molar-refractivity contribution in [2.45, 2.75) is 6.10 Å². The summed E-state index contributed by atoms with van der Waals surface area (Å²) in [6.07, 6.45) is -1.03. The predicted octanol–water partition coefficient (Wildman–Crippen LogP) is 2.35. The minimum absolute atomic E-state index is 0.0235. The molecule has 1 aliphatic heterocycles. The van der Waals surface area contributed by atoms with Crippen LogP contribution in [0.1, 0.15) is 0 Å². The number of nitrogens with zero attached hydrogens (tertiary/aromatic N) is 1. The van der Waals surface area contributed by atoms with Gasteiger partial charge in [0.1, 0.15) is 17.7 Å². The Morgan fingerprint density at radius 3 is 2.64 bits per heavy atom. The molecule has 2 aromatic carbocycles. The average molecular weight is 347 g/mol. The van der Waals surface area contributed by atoms with Crippen molar-refractivity contribution in [2.75, 3.05) is 23.3 Å². The number of anilines is 3. The zero-order valence-corrected chi connectivity index (χ0v) is 13.0. The van der Waals surface area contributed by atoms with Crippen LogP contribution in [0.2, 0.25) is 0 Å². The Labute approximate surface area is 141 Å². The van der Waals surface area contributed by atoms with Crippen molar-refractivity contribution < 1.29 is 18.3 Å². The lowest BCUT2D eigenvalue weighted by molar-refractivity contribution is 0.145. The Kier molecular flexibility index (Phi) is 4.62. The van der Waals surface area contributed by atoms with Crippen LogP contribution in [0.25, 0.3) is 0 Å². The van der Waals surface area contributed by atoms with E-state index in [9.17, 15) is 18.4 Å². The molecule has 8 heteroatoms. The molecule has 6 nitrogen and oxygen atoms in total. The SMILES string of the molecule is NC[C@H]1CN(c2ccc(Nc3cccc(F)cc3=O)c(F)c2)C(=O)O1. The van der Waals surface area contributed by atoms with Gasteiger partial charge in [-0.25, -0.2) is 13.6 Å². The first-order valence-electron chi connectivity index (χ1n) is 7.52. The number of cyclic esters (lactones) is 1. The number of ether oxygens (including phenoxy) is 1. The smallest absolute Gasteiger partial charge is 0.414 e. The van der Waals surface area contributed by atoms with Gasteiger partial charge >= 0.3 is 6.09 Å². The second kappa shape index (κ2) is 6.86. The second-order valence-electron chi connectivity index (χ2n) is 5.47. The molecule has 25 heavy (non-hydrogen) atoms. The zero-order chi connectivity index (χ0) is 18.0. The summed E-state index contributed by atoms with van der Waals surface area (Å²) >= 11 is 0. The molecule has 0 radical (unpaired) electrons. The molecule has 130 valence electrons. The largest absolute Gasteiger partial charge is 0.443 e. The predicted molar refractivity (Wildman–Crippen MR) is 89.0 cm³/mol. The summed E-state index contributed by atoms with van der Waals surface area (Å²) in [4.78, 5) is 24.9. The van der Waals surface area contributed by atoms with Crippen molar-refractivity contribution in [1.82, 2.24) is 0 Å². The van der Waals surface area contributed by atoms with Gasteiger partial charge in [0, 0.05) is 12.6 Å². The van der Waals surface area contributed by atoms with Gasteiger partial charge in [-0.05, 0) is 30.3 Å². The minimum Gasteiger partial charge on any atom is -0.443 e. The van der Waals surface area contributed by atoms with Crippen molar-refractivity contribution in [3.8, 4) is 0 Å². The van der Waals surface area contributed by atoms with Crippen LogP contribution in [0.15, 0.2) is 47.3 Å². The molecule has 0 saturated carbocycles. The first kappa shape index (κ1) is 16.8. The van der Waals surface area contributed by atoms with Crippen LogP contribution in [0.4, 0.5) is 30.6 Å². The van der Waals surface area contributed by atoms with Crippen LogP contribution in [0.3, 0.4) is 0 Å². The van der Waals surface area contributed by atoms with Gasteiger partial charge in [-0.3, -0.25) is 9.69 Å². The summed E-state index contributed by atoms with van der Waals surface area (Å²) in [5.74, 6) is -1.36. The molecule has 0 unspecified atom stereocenters. The quantitative estimate of drug-likeness (QED) is 0.887. The van der Waals surface area contributed by atoms with Crippen molar-refractivity contribution in [2.24, 2.45) is 5.73 Å². The Bertz CT molecular complexity index is 876. The van der Waals surface area contributed by atoms with E-state index in [4.69, 9.17) is 10.5 Å². The van der Waals surface area contributed by atoms with Crippen LogP contribution in [0.5, 0.6) is 0 Å². The second-order valence-corrected chi connectivity index (χ2v) is 5.47. The van der Waals surface area contributed by atoms with Gasteiger partial charge in [0.2, 0.25) is 5.43 Å². The van der Waals surface area contributed by atoms with E-state index in [0.717, 1.165) is 18.2 Å². The van der Waals surface area contributed by atoms with Crippen LogP contribution >= 0.6 is 0 Å². The summed E-state index contributed by atoms with van der Waals surface area (Å²) in [5, 5.41) is 2.63. The number of hydrogen-bond donors (Lipinski definition) is 2. The highest BCUT2D eigenvalue weighted by Gasteiger charge is 2.31. The summed E-state index contributed by atoms with van der Waals surface area (Å²) < 4.78 is 32.6. The number of benzene rings is 1. The standard InChI is InChI=1S/C17H15F2N3O3/c18-10-2-1-3-15(16(23)6-10)21-14-5-4-11(7-13(14)19)22-9-12(8-20)25-17(22)24/h1-7,12H,8-9,20H2,(H,21,23)/t12-/m0/s1. The maximum absolute atomic E-state index is 14.4. The number of halogens is 2. The van der Waals surface area contributed by atoms with Gasteiger partial charge in [-0.15, -0.1) is 0 Å². The molecule has 3 rings (SSSR count). The first-order valence-corrected chi connectivity index (χ1v) is 7.52. The highest BCUT2D eigenvalue weighted by atomic mass is 19.1. The van der Waals surface area contributed by atoms with Crippen LogP contribution in [-0.2, 0) is 4.74 Å². The minimum atomic E-state index is -0.684. The van der Waals surface area contributed by atoms with E-state index in [1.165, 1.54) is 29.2 Å². The fraction of sp³-hybridized carbons (Fsp3) is 0.176. The van der Waals surface area contributed by atoms with Crippen LogP contribution in [-0.4, -0.2) is 25.3 Å². The Morgan fingerprint density at radius 2 is 1.96 bits per heavy atom. The number of amides is 1. The number of hydrogen-bond acceptors (Lipinski definition) is 5. The van der Waals surface area contributed by atoms with Crippen molar-refractivity contribution in [3.05, 3.63) is 64.3 Å². The topological polar surface area (TPSA) is 84.7 Å². The summed E-state index contributed by atoms with van der Waals surface area (Å²) in [6.45, 7) is 0.415. The van der Waals surface area contributed by atoms with Gasteiger partial charge < -0.3 is 15.8 Å². The molecule has 1 atom stereocenters. The highest BCUT2D eigenvalue weighted by Crippen LogP contribution is 2.27. The van der Waals surface area contributed by atoms with Gasteiger partial charge in [0.05, 0.1) is 23.6 Å². The molecule has 0 spiro atoms. The van der Waals surface area contributed by atoms with Crippen molar-refractivity contribution in [3.63, 3.8) is 0 Å². The zero-order valence-electron chi connectivity index (χ0n) is 13.0. The summed E-state index contributed by atoms with van der Waals surface area (Å²) in [5.41, 5.74) is 5.22. The van der Waals surface area contributed by atoms with Gasteiger partial charge in [0.15, 0.2) is 0 Å². The summed E-state index contributed by atoms with van der Waals surface area (Å²) in [7, 11) is 0. The molecule has 1 amide bonds. The number of carbonyl (C=O) groups is 1. The van der Waals surface area contributed by atoms with E-state index in [2.05, 4.69) is 5.32 Å². The third-order valence-electron chi connectivity index (χ3n) is 3.72. The lowest BCUT2D eigenvalue weighted by atomic mass is 10.2. The fourth-order valence-electron chi connectivity index (χ4n) is 2.45. The lowest BCUT2D eigenvalue weighted by Gasteiger charge is -2.14. The van der Waals surface area contributed by atoms with Gasteiger partial charge in [0.25, 0.3) is 0 Å². The third-order valence-corrected chi connectivity index (χ3v) is 3.72. The molecule has 2 aromatic rings. The van der Waals surface area contributed by atoms with Gasteiger partial charge in [-0.1, -0.05) is 6.07 Å². The monoisotopic (exact) mass is 347 g/mol. The van der Waals surface area contributed by atoms with Crippen molar-refractivity contribution in [1.29, 1.82) is 0 Å². The molecule has 3 N–H and O–H groups in total. The van der Waals surface area contributed by atoms with E-state index in [1.807, 2.05) is 0 Å². The Balaban J connectivity index is 1.85. The van der Waals surface area contributed by atoms with Crippen LogP contribution < -0.4 is 21.4 Å². The summed E-state index contributed by atoms with van der Waals surface area (Å²) in [6, 6.07) is 8.67. The molecular formula is C17H15F2N3O3. The van der Waals surface area contributed by atoms with E-state index >= 15 is 0 Å². The molecular weight excluding hydrogens is 332 g/mol. The molecule has 1 heterocycles. The van der Waals surface area contributed by atoms with Gasteiger partial charge in [-0.2, -0.15) is 0 Å². The number of carbonyl (C=O) groups excluding carboxylic acids is 1. The van der Waals surface area contributed by atoms with Crippen molar-refractivity contribution >= 4 is 23.2 Å². The molecule has 1 fully saturated rings. The number of nitrogens with one attached hydrogen (secondary N) is 1. The normalized spacial score (nSPS) is 16.7. The van der Waals surface area contributed by atoms with E-state index in [1.54, 1.807) is 0 Å². The van der Waals surface area contributed by atoms with E-state index in [0.29, 0.717) is 5.69 Å². The molecule has 0 aromatic heterocycles. The molecule has 1 aliphatic rings. The molecule has 0 aliphatic carbocycles. The maximum atomic E-state index is 14.4. The number of rotatable bonds is 4. The highest BCUT2D eigenvalue weighted by molar-refractivity contribution is 5.90. The average Bonchev–Trinajstić information content (AvgIpc) is 2.88. The van der Waals surface area contributed by atoms with Crippen LogP contribution in [0, 0.1) is 11.6 Å². The van der Waals surface area contributed by atoms with E-state index < -0.39 is 29.3 Å². The maximum Gasteiger partial charge on any atom is 0.414 e. The molecule has 1 saturated heterocycles. The molecule has 0 bridgehead atoms. The number of nitrogens with two attached hydrogens (primary N) is 1. The fourth-order valence-corrected chi connectivity index (χ4v) is 2.45. The first-order chi connectivity index (χ1) is 12.0. The third kappa shape index (κ3) is 3.58. The Hall–Kier alpha value is -3.00. The van der Waals surface area contributed by atoms with E-state index in [-0.39, 0.29) is 24.5 Å².